The van der Waals surface area contributed by atoms with Crippen LogP contribution in [0, 0.1) is 5.92 Å². The minimum absolute atomic E-state index is 0.748. The molecular weight excluding hydrogens is 248 g/mol. The van der Waals surface area contributed by atoms with E-state index < -0.39 is 8.32 Å². The van der Waals surface area contributed by atoms with Crippen molar-refractivity contribution in [2.45, 2.75) is 97.7 Å². The molecule has 19 heavy (non-hydrogen) atoms. The number of rotatable bonds is 10. The molecule has 1 nitrogen and oxygen atoms in total. The first kappa shape index (κ1) is 19.2. The fourth-order valence-corrected chi connectivity index (χ4v) is 9.47. The van der Waals surface area contributed by atoms with Gasteiger partial charge < -0.3 is 4.43 Å². The first-order valence-electron chi connectivity index (χ1n) is 8.50. The fourth-order valence-electron chi connectivity index (χ4n) is 3.31. The Hall–Kier alpha value is 0.177. The molecule has 116 valence electrons. The molecule has 2 heteroatoms. The third-order valence-electron chi connectivity index (χ3n) is 5.20. The maximum absolute atomic E-state index is 6.74. The van der Waals surface area contributed by atoms with Crippen molar-refractivity contribution in [3.05, 3.63) is 0 Å². The smallest absolute Gasteiger partial charge is 0.201 e. The summed E-state index contributed by atoms with van der Waals surface area (Å²) < 4.78 is 6.74. The van der Waals surface area contributed by atoms with Crippen molar-refractivity contribution in [1.82, 2.24) is 0 Å². The predicted octanol–water partition coefficient (Wildman–Crippen LogP) is 6.39. The highest BCUT2D eigenvalue weighted by Crippen LogP contribution is 2.47. The first-order valence-corrected chi connectivity index (χ1v) is 10.6. The lowest BCUT2D eigenvalue weighted by Crippen LogP contribution is -2.50. The maximum atomic E-state index is 6.74. The summed E-state index contributed by atoms with van der Waals surface area (Å²) in [6.45, 7) is 19.9. The largest absolute Gasteiger partial charge is 0.416 e. The van der Waals surface area contributed by atoms with E-state index in [2.05, 4.69) is 55.4 Å². The van der Waals surface area contributed by atoms with E-state index >= 15 is 0 Å². The number of hydrogen-bond acceptors (Lipinski definition) is 1. The molecule has 0 rings (SSSR count). The van der Waals surface area contributed by atoms with E-state index in [0.29, 0.717) is 0 Å². The second-order valence-electron chi connectivity index (χ2n) is 6.81. The van der Waals surface area contributed by atoms with Gasteiger partial charge in [-0.15, -0.1) is 0 Å². The van der Waals surface area contributed by atoms with Gasteiger partial charge in [0.1, 0.15) is 0 Å². The molecule has 3 unspecified atom stereocenters. The minimum atomic E-state index is -1.67. The van der Waals surface area contributed by atoms with Gasteiger partial charge in [-0.25, -0.2) is 0 Å². The normalized spacial score (nSPS) is 20.1. The summed E-state index contributed by atoms with van der Waals surface area (Å²) in [6.07, 6.45) is 5.01. The molecule has 0 fully saturated rings. The van der Waals surface area contributed by atoms with Gasteiger partial charge >= 0.3 is 0 Å². The average Bonchev–Trinajstić information content (AvgIpc) is 2.40. The van der Waals surface area contributed by atoms with Crippen molar-refractivity contribution in [1.29, 1.82) is 0 Å². The van der Waals surface area contributed by atoms with Crippen molar-refractivity contribution < 1.29 is 4.43 Å². The van der Waals surface area contributed by atoms with Gasteiger partial charge in [0.25, 0.3) is 0 Å². The summed E-state index contributed by atoms with van der Waals surface area (Å²) in [5.74, 6) is 0.748. The van der Waals surface area contributed by atoms with E-state index in [0.717, 1.165) is 29.1 Å². The predicted molar refractivity (Wildman–Crippen MR) is 90.3 cm³/mol. The van der Waals surface area contributed by atoms with E-state index in [1.54, 1.807) is 0 Å². The van der Waals surface area contributed by atoms with E-state index in [-0.39, 0.29) is 0 Å². The summed E-state index contributed by atoms with van der Waals surface area (Å²) in [5, 5.41) is 0. The van der Waals surface area contributed by atoms with Crippen molar-refractivity contribution in [2.75, 3.05) is 6.61 Å². The second kappa shape index (κ2) is 9.18. The van der Waals surface area contributed by atoms with Gasteiger partial charge in [0.15, 0.2) is 0 Å². The van der Waals surface area contributed by atoms with Crippen LogP contribution in [0.15, 0.2) is 0 Å². The van der Waals surface area contributed by atoms with Gasteiger partial charge in [0, 0.05) is 6.61 Å². The zero-order valence-corrected chi connectivity index (χ0v) is 15.8. The third-order valence-corrected chi connectivity index (χ3v) is 11.7. The highest BCUT2D eigenvalue weighted by molar-refractivity contribution is 6.77. The Balaban J connectivity index is 5.12. The Morgan fingerprint density at radius 3 is 1.37 bits per heavy atom. The quantitative estimate of drug-likeness (QED) is 0.422. The lowest BCUT2D eigenvalue weighted by Gasteiger charge is -2.45. The van der Waals surface area contributed by atoms with E-state index in [9.17, 15) is 0 Å². The molecule has 0 aliphatic heterocycles. The van der Waals surface area contributed by atoms with Gasteiger partial charge in [-0.2, -0.15) is 0 Å². The third kappa shape index (κ3) is 4.89. The molecule has 0 aromatic carbocycles. The van der Waals surface area contributed by atoms with Crippen LogP contribution in [0.25, 0.3) is 0 Å². The van der Waals surface area contributed by atoms with E-state index in [4.69, 9.17) is 4.43 Å². The maximum Gasteiger partial charge on any atom is 0.201 e. The van der Waals surface area contributed by atoms with Crippen LogP contribution in [0.1, 0.15) is 81.1 Å². The average molecular weight is 287 g/mol. The monoisotopic (exact) mass is 286 g/mol. The van der Waals surface area contributed by atoms with E-state index in [1.165, 1.54) is 25.7 Å². The molecule has 0 aliphatic rings. The topological polar surface area (TPSA) is 9.23 Å². The van der Waals surface area contributed by atoms with Crippen molar-refractivity contribution in [2.24, 2.45) is 5.92 Å². The van der Waals surface area contributed by atoms with Gasteiger partial charge in [-0.3, -0.25) is 0 Å². The van der Waals surface area contributed by atoms with Crippen LogP contribution in [-0.2, 0) is 4.43 Å². The molecule has 0 saturated carbocycles. The lowest BCUT2D eigenvalue weighted by atomic mass is 10.2. The molecule has 0 aromatic rings. The lowest BCUT2D eigenvalue weighted by molar-refractivity contribution is 0.249. The molecule has 0 heterocycles. The first-order chi connectivity index (χ1) is 8.86. The van der Waals surface area contributed by atoms with Gasteiger partial charge in [-0.1, -0.05) is 74.7 Å². The summed E-state index contributed by atoms with van der Waals surface area (Å²) in [6, 6.07) is 0. The molecule has 0 N–H and O–H groups in total. The Morgan fingerprint density at radius 1 is 0.737 bits per heavy atom. The molecule has 0 amide bonds. The van der Waals surface area contributed by atoms with Crippen LogP contribution in [0.3, 0.4) is 0 Å². The standard InChI is InChI=1S/C17H38OSi/c1-9-15(6)19(16(7)10-2,17(8)11-3)18-13-12-14(4)5/h14-17H,9-13H2,1-8H3. The van der Waals surface area contributed by atoms with Crippen molar-refractivity contribution >= 4 is 8.32 Å². The zero-order chi connectivity index (χ0) is 15.1. The highest BCUT2D eigenvalue weighted by Gasteiger charge is 2.48. The highest BCUT2D eigenvalue weighted by atomic mass is 28.4. The van der Waals surface area contributed by atoms with Crippen molar-refractivity contribution in [3.63, 3.8) is 0 Å². The Morgan fingerprint density at radius 2 is 1.11 bits per heavy atom. The molecular formula is C17H38OSi. The number of hydrogen-bond donors (Lipinski definition) is 0. The Kier molecular flexibility index (Phi) is 9.26. The van der Waals surface area contributed by atoms with Crippen LogP contribution in [0.5, 0.6) is 0 Å². The molecule has 0 aliphatic carbocycles. The molecule has 0 spiro atoms. The molecule has 0 bridgehead atoms. The summed E-state index contributed by atoms with van der Waals surface area (Å²) in [4.78, 5) is 0. The zero-order valence-electron chi connectivity index (χ0n) is 14.8. The Labute approximate surface area is 123 Å². The van der Waals surface area contributed by atoms with E-state index in [1.807, 2.05) is 0 Å². The minimum Gasteiger partial charge on any atom is -0.416 e. The molecule has 3 atom stereocenters. The van der Waals surface area contributed by atoms with Gasteiger partial charge in [0.2, 0.25) is 8.32 Å². The summed E-state index contributed by atoms with van der Waals surface area (Å²) in [5.41, 5.74) is 2.30. The second-order valence-corrected chi connectivity index (χ2v) is 11.8. The molecule has 0 saturated heterocycles. The van der Waals surface area contributed by atoms with Crippen LogP contribution in [0.2, 0.25) is 16.6 Å². The summed E-state index contributed by atoms with van der Waals surface area (Å²) >= 11 is 0. The van der Waals surface area contributed by atoms with Crippen molar-refractivity contribution in [3.8, 4) is 0 Å². The SMILES string of the molecule is CCC(C)[Si](OCCC(C)C)(C(C)CC)C(C)CC. The molecule has 0 radical (unpaired) electrons. The summed E-state index contributed by atoms with van der Waals surface area (Å²) in [7, 11) is -1.67. The van der Waals surface area contributed by atoms with Crippen LogP contribution >= 0.6 is 0 Å². The fraction of sp³-hybridized carbons (Fsp3) is 1.00. The Bertz CT molecular complexity index is 201. The van der Waals surface area contributed by atoms with Gasteiger partial charge in [0.05, 0.1) is 0 Å². The van der Waals surface area contributed by atoms with Crippen LogP contribution in [-0.4, -0.2) is 14.9 Å². The van der Waals surface area contributed by atoms with Gasteiger partial charge in [-0.05, 0) is 29.0 Å². The van der Waals surface area contributed by atoms with Crippen LogP contribution < -0.4 is 0 Å². The molecule has 0 aromatic heterocycles. The van der Waals surface area contributed by atoms with Crippen LogP contribution in [0.4, 0.5) is 0 Å².